The Morgan fingerprint density at radius 3 is 2.95 bits per heavy atom. The molecular formula is C15H15BrN2O2. The second-order valence-corrected chi connectivity index (χ2v) is 6.44. The Labute approximate surface area is 125 Å². The molecule has 1 saturated heterocycles. The predicted octanol–water partition coefficient (Wildman–Crippen LogP) is 3.30. The van der Waals surface area contributed by atoms with Gasteiger partial charge in [-0.25, -0.2) is 0 Å². The number of rotatable bonds is 2. The zero-order valence-electron chi connectivity index (χ0n) is 11.1. The standard InChI is InChI=1S/C15H15BrN2O2/c1-15(14(19)20)5-7-18(9-15)13-4-6-17-12-8-10(16)2-3-11(12)13/h2-4,6,8H,5,7,9H2,1H3,(H,19,20). The summed E-state index contributed by atoms with van der Waals surface area (Å²) in [4.78, 5) is 17.9. The van der Waals surface area contributed by atoms with Crippen molar-refractivity contribution in [2.75, 3.05) is 18.0 Å². The molecule has 1 aromatic heterocycles. The molecule has 1 atom stereocenters. The van der Waals surface area contributed by atoms with Crippen molar-refractivity contribution < 1.29 is 9.90 Å². The van der Waals surface area contributed by atoms with Crippen LogP contribution < -0.4 is 4.90 Å². The molecule has 1 aliphatic heterocycles. The predicted molar refractivity (Wildman–Crippen MR) is 82.0 cm³/mol. The van der Waals surface area contributed by atoms with Crippen molar-refractivity contribution in [3.8, 4) is 0 Å². The van der Waals surface area contributed by atoms with E-state index in [1.54, 1.807) is 6.20 Å². The van der Waals surface area contributed by atoms with Gasteiger partial charge in [0.2, 0.25) is 0 Å². The maximum atomic E-state index is 11.4. The van der Waals surface area contributed by atoms with Gasteiger partial charge in [0.25, 0.3) is 0 Å². The van der Waals surface area contributed by atoms with E-state index in [0.29, 0.717) is 13.0 Å². The van der Waals surface area contributed by atoms with Crippen LogP contribution >= 0.6 is 15.9 Å². The summed E-state index contributed by atoms with van der Waals surface area (Å²) < 4.78 is 0.992. The van der Waals surface area contributed by atoms with Gasteiger partial charge < -0.3 is 10.0 Å². The van der Waals surface area contributed by atoms with Crippen LogP contribution in [0, 0.1) is 5.41 Å². The number of carboxylic acids is 1. The van der Waals surface area contributed by atoms with Crippen LogP contribution in [0.3, 0.4) is 0 Å². The van der Waals surface area contributed by atoms with Gasteiger partial charge in [-0.3, -0.25) is 9.78 Å². The molecule has 3 rings (SSSR count). The van der Waals surface area contributed by atoms with E-state index in [2.05, 4.69) is 25.8 Å². The van der Waals surface area contributed by atoms with Crippen molar-refractivity contribution in [2.45, 2.75) is 13.3 Å². The molecule has 1 fully saturated rings. The Bertz CT molecular complexity index is 689. The second-order valence-electron chi connectivity index (χ2n) is 5.53. The van der Waals surface area contributed by atoms with Crippen LogP contribution in [0.25, 0.3) is 10.9 Å². The van der Waals surface area contributed by atoms with Gasteiger partial charge in [0.15, 0.2) is 0 Å². The highest BCUT2D eigenvalue weighted by Crippen LogP contribution is 2.36. The van der Waals surface area contributed by atoms with Crippen molar-refractivity contribution in [2.24, 2.45) is 5.41 Å². The number of carboxylic acid groups (broad SMARTS) is 1. The van der Waals surface area contributed by atoms with Gasteiger partial charge in [0.1, 0.15) is 0 Å². The topological polar surface area (TPSA) is 53.4 Å². The summed E-state index contributed by atoms with van der Waals surface area (Å²) in [5.41, 5.74) is 1.32. The van der Waals surface area contributed by atoms with Gasteiger partial charge in [-0.1, -0.05) is 15.9 Å². The average Bonchev–Trinajstić information content (AvgIpc) is 2.81. The van der Waals surface area contributed by atoms with Crippen LogP contribution in [0.15, 0.2) is 34.9 Å². The molecule has 5 heteroatoms. The molecule has 2 aromatic rings. The molecule has 4 nitrogen and oxygen atoms in total. The highest BCUT2D eigenvalue weighted by atomic mass is 79.9. The number of aliphatic carboxylic acids is 1. The molecule has 0 aliphatic carbocycles. The number of carbonyl (C=O) groups is 1. The first-order chi connectivity index (χ1) is 9.49. The molecule has 0 amide bonds. The van der Waals surface area contributed by atoms with Crippen molar-refractivity contribution in [1.29, 1.82) is 0 Å². The van der Waals surface area contributed by atoms with Crippen molar-refractivity contribution in [1.82, 2.24) is 4.98 Å². The molecule has 1 unspecified atom stereocenters. The van der Waals surface area contributed by atoms with Crippen LogP contribution in [0.5, 0.6) is 0 Å². The summed E-state index contributed by atoms with van der Waals surface area (Å²) in [6.07, 6.45) is 2.45. The first-order valence-corrected chi connectivity index (χ1v) is 7.31. The lowest BCUT2D eigenvalue weighted by Crippen LogP contribution is -2.31. The summed E-state index contributed by atoms with van der Waals surface area (Å²) in [6.45, 7) is 3.12. The fourth-order valence-electron chi connectivity index (χ4n) is 2.72. The minimum absolute atomic E-state index is 0.539. The molecule has 0 spiro atoms. The molecule has 1 aliphatic rings. The lowest BCUT2D eigenvalue weighted by molar-refractivity contribution is -0.146. The van der Waals surface area contributed by atoms with E-state index >= 15 is 0 Å². The molecule has 1 aromatic carbocycles. The highest BCUT2D eigenvalue weighted by molar-refractivity contribution is 9.10. The summed E-state index contributed by atoms with van der Waals surface area (Å²) >= 11 is 3.45. The van der Waals surface area contributed by atoms with Crippen LogP contribution in [0.2, 0.25) is 0 Å². The summed E-state index contributed by atoms with van der Waals surface area (Å²) in [7, 11) is 0. The average molecular weight is 335 g/mol. The number of hydrogen-bond donors (Lipinski definition) is 1. The maximum absolute atomic E-state index is 11.4. The van der Waals surface area contributed by atoms with Crippen molar-refractivity contribution in [3.05, 3.63) is 34.9 Å². The molecule has 20 heavy (non-hydrogen) atoms. The Balaban J connectivity index is 2.02. The molecule has 0 saturated carbocycles. The van der Waals surface area contributed by atoms with Crippen LogP contribution in [-0.4, -0.2) is 29.1 Å². The smallest absolute Gasteiger partial charge is 0.311 e. The van der Waals surface area contributed by atoms with Gasteiger partial charge in [-0.15, -0.1) is 0 Å². The number of anilines is 1. The zero-order valence-corrected chi connectivity index (χ0v) is 12.7. The number of aromatic nitrogens is 1. The molecular weight excluding hydrogens is 320 g/mol. The number of hydrogen-bond acceptors (Lipinski definition) is 3. The van der Waals surface area contributed by atoms with E-state index in [1.807, 2.05) is 31.2 Å². The summed E-state index contributed by atoms with van der Waals surface area (Å²) in [5.74, 6) is -0.721. The van der Waals surface area contributed by atoms with E-state index in [4.69, 9.17) is 0 Å². The maximum Gasteiger partial charge on any atom is 0.311 e. The van der Waals surface area contributed by atoms with Gasteiger partial charge in [0, 0.05) is 34.8 Å². The Hall–Kier alpha value is -1.62. The number of halogens is 1. The van der Waals surface area contributed by atoms with Crippen LogP contribution in [0.1, 0.15) is 13.3 Å². The molecule has 1 N–H and O–H groups in total. The summed E-state index contributed by atoms with van der Waals surface area (Å²) in [6, 6.07) is 7.95. The van der Waals surface area contributed by atoms with E-state index in [9.17, 15) is 9.90 Å². The first-order valence-electron chi connectivity index (χ1n) is 6.52. The third-order valence-corrected chi connectivity index (χ3v) is 4.51. The largest absolute Gasteiger partial charge is 0.481 e. The first kappa shape index (κ1) is 13.4. The molecule has 0 radical (unpaired) electrons. The Morgan fingerprint density at radius 2 is 2.25 bits per heavy atom. The van der Waals surface area contributed by atoms with Gasteiger partial charge in [0.05, 0.1) is 10.9 Å². The lowest BCUT2D eigenvalue weighted by atomic mass is 9.90. The minimum atomic E-state index is -0.721. The summed E-state index contributed by atoms with van der Waals surface area (Å²) in [5, 5.41) is 10.4. The third kappa shape index (κ3) is 2.16. The van der Waals surface area contributed by atoms with E-state index in [0.717, 1.165) is 27.6 Å². The quantitative estimate of drug-likeness (QED) is 0.915. The third-order valence-electron chi connectivity index (χ3n) is 4.01. The number of pyridine rings is 1. The lowest BCUT2D eigenvalue weighted by Gasteiger charge is -2.23. The van der Waals surface area contributed by atoms with E-state index in [-0.39, 0.29) is 0 Å². The second kappa shape index (κ2) is 4.74. The fraction of sp³-hybridized carbons (Fsp3) is 0.333. The molecule has 0 bridgehead atoms. The molecule has 2 heterocycles. The van der Waals surface area contributed by atoms with Gasteiger partial charge >= 0.3 is 5.97 Å². The van der Waals surface area contributed by atoms with E-state index in [1.165, 1.54) is 0 Å². The highest BCUT2D eigenvalue weighted by Gasteiger charge is 2.40. The van der Waals surface area contributed by atoms with Crippen LogP contribution in [-0.2, 0) is 4.79 Å². The van der Waals surface area contributed by atoms with Crippen molar-refractivity contribution >= 4 is 38.5 Å². The Morgan fingerprint density at radius 1 is 1.45 bits per heavy atom. The zero-order chi connectivity index (χ0) is 14.3. The Kier molecular flexibility index (Phi) is 3.17. The SMILES string of the molecule is CC1(C(=O)O)CCN(c2ccnc3cc(Br)ccc23)C1. The van der Waals surface area contributed by atoms with Gasteiger partial charge in [-0.2, -0.15) is 0 Å². The molecule has 104 valence electrons. The monoisotopic (exact) mass is 334 g/mol. The number of fused-ring (bicyclic) bond motifs is 1. The number of benzene rings is 1. The van der Waals surface area contributed by atoms with E-state index < -0.39 is 11.4 Å². The number of nitrogens with zero attached hydrogens (tertiary/aromatic N) is 2. The van der Waals surface area contributed by atoms with Crippen molar-refractivity contribution in [3.63, 3.8) is 0 Å². The van der Waals surface area contributed by atoms with Crippen LogP contribution in [0.4, 0.5) is 5.69 Å². The van der Waals surface area contributed by atoms with Gasteiger partial charge in [-0.05, 0) is 37.6 Å². The fourth-order valence-corrected chi connectivity index (χ4v) is 3.07. The minimum Gasteiger partial charge on any atom is -0.481 e. The normalized spacial score (nSPS) is 22.4.